The molecule has 2 heteroatoms. The summed E-state index contributed by atoms with van der Waals surface area (Å²) in [5.41, 5.74) is 2.78. The fourth-order valence-corrected chi connectivity index (χ4v) is 2.45. The Morgan fingerprint density at radius 3 is 2.47 bits per heavy atom. The van der Waals surface area contributed by atoms with Crippen LogP contribution in [0.5, 0.6) is 0 Å². The van der Waals surface area contributed by atoms with Crippen molar-refractivity contribution in [2.45, 2.75) is 20.3 Å². The standard InChI is InChI=1S/C15H20ClN/c1-12(2)11-17-9-7-14(8-10-17)13-3-5-15(16)6-4-13/h3-7,12H,8-11H2,1-2H3. The second-order valence-electron chi connectivity index (χ2n) is 5.14. The molecule has 0 saturated heterocycles. The minimum absolute atomic E-state index is 0.750. The van der Waals surface area contributed by atoms with Crippen molar-refractivity contribution in [3.63, 3.8) is 0 Å². The van der Waals surface area contributed by atoms with Crippen molar-refractivity contribution < 1.29 is 0 Å². The molecule has 0 aliphatic carbocycles. The predicted octanol–water partition coefficient (Wildman–Crippen LogP) is 4.09. The molecule has 92 valence electrons. The highest BCUT2D eigenvalue weighted by atomic mass is 35.5. The third-order valence-corrected chi connectivity index (χ3v) is 3.38. The SMILES string of the molecule is CC(C)CN1CC=C(c2ccc(Cl)cc2)CC1. The maximum atomic E-state index is 5.90. The number of rotatable bonds is 3. The maximum absolute atomic E-state index is 5.90. The van der Waals surface area contributed by atoms with Crippen molar-refractivity contribution >= 4 is 17.2 Å². The Balaban J connectivity index is 2.00. The molecule has 1 aliphatic rings. The van der Waals surface area contributed by atoms with Gasteiger partial charge < -0.3 is 0 Å². The van der Waals surface area contributed by atoms with Gasteiger partial charge in [0.15, 0.2) is 0 Å². The lowest BCUT2D eigenvalue weighted by molar-refractivity contribution is 0.268. The molecule has 0 bridgehead atoms. The van der Waals surface area contributed by atoms with Gasteiger partial charge in [-0.2, -0.15) is 0 Å². The van der Waals surface area contributed by atoms with Crippen LogP contribution in [-0.4, -0.2) is 24.5 Å². The topological polar surface area (TPSA) is 3.24 Å². The minimum Gasteiger partial charge on any atom is -0.299 e. The Morgan fingerprint density at radius 1 is 1.24 bits per heavy atom. The zero-order valence-electron chi connectivity index (χ0n) is 10.6. The smallest absolute Gasteiger partial charge is 0.0406 e. The molecule has 0 radical (unpaired) electrons. The second-order valence-corrected chi connectivity index (χ2v) is 5.58. The van der Waals surface area contributed by atoms with Gasteiger partial charge in [-0.05, 0) is 35.6 Å². The highest BCUT2D eigenvalue weighted by Crippen LogP contribution is 2.23. The molecular weight excluding hydrogens is 230 g/mol. The summed E-state index contributed by atoms with van der Waals surface area (Å²) < 4.78 is 0. The van der Waals surface area contributed by atoms with Crippen LogP contribution in [0.15, 0.2) is 30.3 Å². The van der Waals surface area contributed by atoms with Gasteiger partial charge >= 0.3 is 0 Å². The first-order chi connectivity index (χ1) is 8.15. The van der Waals surface area contributed by atoms with Gasteiger partial charge in [0.25, 0.3) is 0 Å². The first-order valence-corrected chi connectivity index (χ1v) is 6.70. The monoisotopic (exact) mass is 249 g/mol. The fourth-order valence-electron chi connectivity index (χ4n) is 2.32. The highest BCUT2D eigenvalue weighted by Gasteiger charge is 2.13. The van der Waals surface area contributed by atoms with Gasteiger partial charge in [-0.25, -0.2) is 0 Å². The van der Waals surface area contributed by atoms with E-state index in [9.17, 15) is 0 Å². The first-order valence-electron chi connectivity index (χ1n) is 6.32. The molecule has 0 spiro atoms. The molecule has 0 saturated carbocycles. The van der Waals surface area contributed by atoms with Crippen molar-refractivity contribution in [3.05, 3.63) is 40.9 Å². The molecule has 2 rings (SSSR count). The van der Waals surface area contributed by atoms with Gasteiger partial charge in [-0.3, -0.25) is 4.90 Å². The van der Waals surface area contributed by atoms with E-state index in [1.807, 2.05) is 12.1 Å². The van der Waals surface area contributed by atoms with Crippen LogP contribution in [0.3, 0.4) is 0 Å². The quantitative estimate of drug-likeness (QED) is 0.780. The molecular formula is C15H20ClN. The molecule has 1 heterocycles. The van der Waals surface area contributed by atoms with E-state index in [1.165, 1.54) is 24.2 Å². The van der Waals surface area contributed by atoms with Crippen LogP contribution >= 0.6 is 11.6 Å². The van der Waals surface area contributed by atoms with Crippen LogP contribution in [0.4, 0.5) is 0 Å². The van der Waals surface area contributed by atoms with E-state index in [0.717, 1.165) is 23.9 Å². The van der Waals surface area contributed by atoms with Crippen molar-refractivity contribution in [1.82, 2.24) is 4.90 Å². The zero-order chi connectivity index (χ0) is 12.3. The lowest BCUT2D eigenvalue weighted by atomic mass is 9.99. The maximum Gasteiger partial charge on any atom is 0.0406 e. The minimum atomic E-state index is 0.750. The average Bonchev–Trinajstić information content (AvgIpc) is 2.30. The summed E-state index contributed by atoms with van der Waals surface area (Å²) in [5.74, 6) is 0.750. The van der Waals surface area contributed by atoms with Gasteiger partial charge in [-0.1, -0.05) is 43.7 Å². The summed E-state index contributed by atoms with van der Waals surface area (Å²) in [6.07, 6.45) is 3.50. The largest absolute Gasteiger partial charge is 0.299 e. The highest BCUT2D eigenvalue weighted by molar-refractivity contribution is 6.30. The second kappa shape index (κ2) is 5.70. The molecule has 0 atom stereocenters. The summed E-state index contributed by atoms with van der Waals surface area (Å²) in [4.78, 5) is 2.52. The van der Waals surface area contributed by atoms with Crippen LogP contribution in [-0.2, 0) is 0 Å². The molecule has 0 unspecified atom stereocenters. The molecule has 0 N–H and O–H groups in total. The summed E-state index contributed by atoms with van der Waals surface area (Å²) in [6, 6.07) is 8.18. The third-order valence-electron chi connectivity index (χ3n) is 3.13. The van der Waals surface area contributed by atoms with Crippen molar-refractivity contribution in [2.75, 3.05) is 19.6 Å². The van der Waals surface area contributed by atoms with Gasteiger partial charge in [0.1, 0.15) is 0 Å². The van der Waals surface area contributed by atoms with Gasteiger partial charge in [0, 0.05) is 24.7 Å². The summed E-state index contributed by atoms with van der Waals surface area (Å²) in [5, 5.41) is 0.812. The lowest BCUT2D eigenvalue weighted by Crippen LogP contribution is -2.31. The van der Waals surface area contributed by atoms with Gasteiger partial charge in [0.05, 0.1) is 0 Å². The first kappa shape index (κ1) is 12.7. The Hall–Kier alpha value is -0.790. The predicted molar refractivity (Wildman–Crippen MR) is 75.3 cm³/mol. The van der Waals surface area contributed by atoms with E-state index in [4.69, 9.17) is 11.6 Å². The summed E-state index contributed by atoms with van der Waals surface area (Å²) in [6.45, 7) is 8.00. The molecule has 1 aromatic carbocycles. The number of nitrogens with zero attached hydrogens (tertiary/aromatic N) is 1. The van der Waals surface area contributed by atoms with E-state index in [2.05, 4.69) is 37.0 Å². The zero-order valence-corrected chi connectivity index (χ0v) is 11.4. The van der Waals surface area contributed by atoms with Crippen molar-refractivity contribution in [1.29, 1.82) is 0 Å². The normalized spacial score (nSPS) is 17.3. The molecule has 0 aromatic heterocycles. The van der Waals surface area contributed by atoms with Gasteiger partial charge in [0.2, 0.25) is 0 Å². The number of hydrogen-bond donors (Lipinski definition) is 0. The number of benzene rings is 1. The molecule has 17 heavy (non-hydrogen) atoms. The molecule has 1 aliphatic heterocycles. The van der Waals surface area contributed by atoms with E-state index in [0.29, 0.717) is 0 Å². The van der Waals surface area contributed by atoms with E-state index in [1.54, 1.807) is 0 Å². The van der Waals surface area contributed by atoms with E-state index < -0.39 is 0 Å². The lowest BCUT2D eigenvalue weighted by Gasteiger charge is -2.27. The van der Waals surface area contributed by atoms with Crippen LogP contribution in [0, 0.1) is 5.92 Å². The summed E-state index contributed by atoms with van der Waals surface area (Å²) >= 11 is 5.90. The number of halogens is 1. The Labute approximate surface area is 109 Å². The van der Waals surface area contributed by atoms with E-state index >= 15 is 0 Å². The van der Waals surface area contributed by atoms with Crippen molar-refractivity contribution in [3.8, 4) is 0 Å². The molecule has 0 fully saturated rings. The third kappa shape index (κ3) is 3.58. The molecule has 0 amide bonds. The Kier molecular flexibility index (Phi) is 4.25. The average molecular weight is 250 g/mol. The van der Waals surface area contributed by atoms with Crippen LogP contribution in [0.25, 0.3) is 5.57 Å². The van der Waals surface area contributed by atoms with Crippen LogP contribution < -0.4 is 0 Å². The van der Waals surface area contributed by atoms with Crippen LogP contribution in [0.2, 0.25) is 5.02 Å². The van der Waals surface area contributed by atoms with E-state index in [-0.39, 0.29) is 0 Å². The van der Waals surface area contributed by atoms with Crippen LogP contribution in [0.1, 0.15) is 25.8 Å². The Morgan fingerprint density at radius 2 is 1.94 bits per heavy atom. The fraction of sp³-hybridized carbons (Fsp3) is 0.467. The Bertz CT molecular complexity index is 392. The number of hydrogen-bond acceptors (Lipinski definition) is 1. The van der Waals surface area contributed by atoms with Crippen molar-refractivity contribution in [2.24, 2.45) is 5.92 Å². The molecule has 1 nitrogen and oxygen atoms in total. The summed E-state index contributed by atoms with van der Waals surface area (Å²) in [7, 11) is 0. The molecule has 1 aromatic rings. The van der Waals surface area contributed by atoms with Gasteiger partial charge in [-0.15, -0.1) is 0 Å².